The van der Waals surface area contributed by atoms with Crippen LogP contribution in [0.2, 0.25) is 0 Å². The molecule has 0 saturated carbocycles. The maximum atomic E-state index is 12.7. The van der Waals surface area contributed by atoms with Gasteiger partial charge in [0.1, 0.15) is 0 Å². The molecule has 0 aliphatic heterocycles. The van der Waals surface area contributed by atoms with E-state index < -0.39 is 23.8 Å². The van der Waals surface area contributed by atoms with Gasteiger partial charge >= 0.3 is 12.3 Å². The Morgan fingerprint density at radius 2 is 1.50 bits per heavy atom. The van der Waals surface area contributed by atoms with Crippen molar-refractivity contribution in [2.75, 3.05) is 0 Å². The van der Waals surface area contributed by atoms with Crippen molar-refractivity contribution in [3.05, 3.63) is 0 Å². The van der Waals surface area contributed by atoms with E-state index in [4.69, 9.17) is 0 Å². The Balaban J connectivity index is 4.78. The van der Waals surface area contributed by atoms with Crippen LogP contribution >= 0.6 is 0 Å². The summed E-state index contributed by atoms with van der Waals surface area (Å²) in [6.45, 7) is 5.15. The molecule has 0 aliphatic carbocycles. The summed E-state index contributed by atoms with van der Waals surface area (Å²) in [5.41, 5.74) is -0.824. The highest BCUT2D eigenvalue weighted by atomic mass is 19.3. The molecule has 1 N–H and O–H groups in total. The first-order valence-corrected chi connectivity index (χ1v) is 5.24. The van der Waals surface area contributed by atoms with Gasteiger partial charge in [0.25, 0.3) is 5.91 Å². The summed E-state index contributed by atoms with van der Waals surface area (Å²) in [5, 5.41) is 2.03. The van der Waals surface area contributed by atoms with E-state index in [2.05, 4.69) is 0 Å². The normalized spacial score (nSPS) is 13.0. The Kier molecular flexibility index (Phi) is 5.22. The van der Waals surface area contributed by atoms with Crippen LogP contribution in [0.4, 0.5) is 17.6 Å². The third kappa shape index (κ3) is 3.09. The molecule has 1 amide bonds. The standard InChI is InChI=1S/C10H17F4NO/c1-4-9(5-2,6-3)15-8(16)10(13,14)7(11)12/h7H,4-6H2,1-3H3,(H,15,16). The minimum atomic E-state index is -4.62. The number of halogens is 4. The summed E-state index contributed by atoms with van der Waals surface area (Å²) in [7, 11) is 0. The fourth-order valence-electron chi connectivity index (χ4n) is 1.44. The van der Waals surface area contributed by atoms with Gasteiger partial charge < -0.3 is 5.32 Å². The molecule has 16 heavy (non-hydrogen) atoms. The van der Waals surface area contributed by atoms with Crippen LogP contribution in [0.3, 0.4) is 0 Å². The molecule has 0 aliphatic rings. The molecule has 0 fully saturated rings. The van der Waals surface area contributed by atoms with E-state index in [0.29, 0.717) is 19.3 Å². The fourth-order valence-corrected chi connectivity index (χ4v) is 1.44. The fraction of sp³-hybridized carbons (Fsp3) is 0.900. The average Bonchev–Trinajstić information content (AvgIpc) is 2.25. The molecule has 0 radical (unpaired) electrons. The first-order chi connectivity index (χ1) is 7.25. The molecule has 0 spiro atoms. The highest BCUT2D eigenvalue weighted by Crippen LogP contribution is 2.26. The van der Waals surface area contributed by atoms with E-state index in [0.717, 1.165) is 0 Å². The Morgan fingerprint density at radius 1 is 1.12 bits per heavy atom. The molecule has 0 aromatic rings. The molecular weight excluding hydrogens is 226 g/mol. The first kappa shape index (κ1) is 15.2. The molecule has 0 bridgehead atoms. The number of carbonyl (C=O) groups is 1. The zero-order valence-electron chi connectivity index (χ0n) is 9.62. The molecule has 0 saturated heterocycles. The van der Waals surface area contributed by atoms with Crippen LogP contribution in [0.1, 0.15) is 40.0 Å². The van der Waals surface area contributed by atoms with Crippen LogP contribution in [0.25, 0.3) is 0 Å². The number of nitrogens with one attached hydrogen (secondary N) is 1. The van der Waals surface area contributed by atoms with Crippen LogP contribution in [0.5, 0.6) is 0 Å². The van der Waals surface area contributed by atoms with Crippen LogP contribution in [0.15, 0.2) is 0 Å². The number of carbonyl (C=O) groups excluding carboxylic acids is 1. The van der Waals surface area contributed by atoms with Crippen LogP contribution in [-0.4, -0.2) is 23.8 Å². The van der Waals surface area contributed by atoms with Gasteiger partial charge in [0.2, 0.25) is 0 Å². The predicted octanol–water partition coefficient (Wildman–Crippen LogP) is 2.97. The van der Waals surface area contributed by atoms with Gasteiger partial charge in [-0.15, -0.1) is 0 Å². The molecule has 2 nitrogen and oxygen atoms in total. The van der Waals surface area contributed by atoms with Gasteiger partial charge in [-0.2, -0.15) is 8.78 Å². The summed E-state index contributed by atoms with van der Waals surface area (Å²) in [4.78, 5) is 11.1. The Bertz CT molecular complexity index is 231. The van der Waals surface area contributed by atoms with E-state index in [-0.39, 0.29) is 0 Å². The van der Waals surface area contributed by atoms with E-state index in [9.17, 15) is 22.4 Å². The molecule has 0 heterocycles. The summed E-state index contributed by atoms with van der Waals surface area (Å²) in [6, 6.07) is 0. The monoisotopic (exact) mass is 243 g/mol. The Labute approximate surface area is 92.4 Å². The van der Waals surface area contributed by atoms with Gasteiger partial charge in [-0.1, -0.05) is 20.8 Å². The largest absolute Gasteiger partial charge is 0.383 e. The van der Waals surface area contributed by atoms with Crippen LogP contribution in [0, 0.1) is 0 Å². The third-order valence-electron chi connectivity index (χ3n) is 2.99. The van der Waals surface area contributed by atoms with Gasteiger partial charge in [-0.25, -0.2) is 8.78 Å². The van der Waals surface area contributed by atoms with Crippen molar-refractivity contribution in [1.82, 2.24) is 5.32 Å². The second-order valence-electron chi connectivity index (χ2n) is 3.72. The molecule has 0 aromatic carbocycles. The lowest BCUT2D eigenvalue weighted by molar-refractivity contribution is -0.171. The minimum absolute atomic E-state index is 0.422. The van der Waals surface area contributed by atoms with Crippen LogP contribution in [-0.2, 0) is 4.79 Å². The Hall–Kier alpha value is -0.810. The molecule has 6 heteroatoms. The molecule has 0 rings (SSSR count). The lowest BCUT2D eigenvalue weighted by Gasteiger charge is -2.33. The average molecular weight is 243 g/mol. The van der Waals surface area contributed by atoms with Crippen molar-refractivity contribution in [2.45, 2.75) is 57.9 Å². The highest BCUT2D eigenvalue weighted by Gasteiger charge is 2.50. The van der Waals surface area contributed by atoms with E-state index in [1.165, 1.54) is 0 Å². The van der Waals surface area contributed by atoms with E-state index in [1.807, 2.05) is 5.32 Å². The molecule has 0 unspecified atom stereocenters. The third-order valence-corrected chi connectivity index (χ3v) is 2.99. The minimum Gasteiger partial charge on any atom is -0.345 e. The predicted molar refractivity (Wildman–Crippen MR) is 52.7 cm³/mol. The molecular formula is C10H17F4NO. The maximum absolute atomic E-state index is 12.7. The number of alkyl halides is 4. The summed E-state index contributed by atoms with van der Waals surface area (Å²) in [5.74, 6) is -6.52. The topological polar surface area (TPSA) is 29.1 Å². The quantitative estimate of drug-likeness (QED) is 0.714. The summed E-state index contributed by atoms with van der Waals surface area (Å²) in [6.07, 6.45) is -2.71. The van der Waals surface area contributed by atoms with Gasteiger partial charge in [0, 0.05) is 5.54 Å². The lowest BCUT2D eigenvalue weighted by Crippen LogP contribution is -2.55. The van der Waals surface area contributed by atoms with E-state index in [1.54, 1.807) is 20.8 Å². The van der Waals surface area contributed by atoms with Crippen molar-refractivity contribution >= 4 is 5.91 Å². The van der Waals surface area contributed by atoms with Gasteiger partial charge in [0.15, 0.2) is 0 Å². The number of rotatable bonds is 6. The zero-order chi connectivity index (χ0) is 13.0. The summed E-state index contributed by atoms with van der Waals surface area (Å²) < 4.78 is 49.3. The van der Waals surface area contributed by atoms with Gasteiger partial charge in [-0.3, -0.25) is 4.79 Å². The SMILES string of the molecule is CCC(CC)(CC)NC(=O)C(F)(F)C(F)F. The van der Waals surface area contributed by atoms with Crippen molar-refractivity contribution < 1.29 is 22.4 Å². The molecule has 0 atom stereocenters. The smallest absolute Gasteiger partial charge is 0.345 e. The van der Waals surface area contributed by atoms with Crippen molar-refractivity contribution in [1.29, 1.82) is 0 Å². The summed E-state index contributed by atoms with van der Waals surface area (Å²) >= 11 is 0. The van der Waals surface area contributed by atoms with Gasteiger partial charge in [0.05, 0.1) is 0 Å². The van der Waals surface area contributed by atoms with Crippen LogP contribution < -0.4 is 5.32 Å². The highest BCUT2D eigenvalue weighted by molar-refractivity contribution is 5.84. The van der Waals surface area contributed by atoms with E-state index >= 15 is 0 Å². The molecule has 0 aromatic heterocycles. The first-order valence-electron chi connectivity index (χ1n) is 5.24. The number of amides is 1. The Morgan fingerprint density at radius 3 is 1.75 bits per heavy atom. The number of hydrogen-bond donors (Lipinski definition) is 1. The molecule has 96 valence electrons. The van der Waals surface area contributed by atoms with Crippen molar-refractivity contribution in [3.63, 3.8) is 0 Å². The maximum Gasteiger partial charge on any atom is 0.383 e. The second-order valence-corrected chi connectivity index (χ2v) is 3.72. The lowest BCUT2D eigenvalue weighted by atomic mass is 9.89. The van der Waals surface area contributed by atoms with Gasteiger partial charge in [-0.05, 0) is 19.3 Å². The second kappa shape index (κ2) is 5.50. The zero-order valence-corrected chi connectivity index (χ0v) is 9.62. The number of hydrogen-bond acceptors (Lipinski definition) is 1. The van der Waals surface area contributed by atoms with Crippen molar-refractivity contribution in [3.8, 4) is 0 Å². The van der Waals surface area contributed by atoms with Crippen molar-refractivity contribution in [2.24, 2.45) is 0 Å².